The van der Waals surface area contributed by atoms with E-state index in [0.29, 0.717) is 0 Å². The van der Waals surface area contributed by atoms with Crippen LogP contribution < -0.4 is 0 Å². The summed E-state index contributed by atoms with van der Waals surface area (Å²) in [5, 5.41) is 0. The van der Waals surface area contributed by atoms with Gasteiger partial charge < -0.3 is 0 Å². The van der Waals surface area contributed by atoms with Crippen molar-refractivity contribution in [3.05, 3.63) is 35.6 Å². The summed E-state index contributed by atoms with van der Waals surface area (Å²) in [4.78, 5) is 28.4. The summed E-state index contributed by atoms with van der Waals surface area (Å²) >= 11 is 0. The Labute approximate surface area is 122 Å². The smallest absolute Gasteiger partial charge is 0.234 e. The highest BCUT2D eigenvalue weighted by molar-refractivity contribution is 6.06. The zero-order chi connectivity index (χ0) is 14.7. The highest BCUT2D eigenvalue weighted by atomic mass is 19.1. The van der Waals surface area contributed by atoms with E-state index in [1.165, 1.54) is 17.0 Å². The van der Waals surface area contributed by atoms with Crippen molar-refractivity contribution in [1.29, 1.82) is 0 Å². The molecular formula is C16H17FN2O2. The number of fused-ring (bicyclic) bond motifs is 3. The Kier molecular flexibility index (Phi) is 2.70. The molecular weight excluding hydrogens is 271 g/mol. The third-order valence-electron chi connectivity index (χ3n) is 5.28. The minimum Gasteiger partial charge on any atom is -0.292 e. The Morgan fingerprint density at radius 2 is 1.76 bits per heavy atom. The summed E-state index contributed by atoms with van der Waals surface area (Å²) < 4.78 is 13.2. The zero-order valence-corrected chi connectivity index (χ0v) is 11.8. The van der Waals surface area contributed by atoms with E-state index in [0.717, 1.165) is 24.9 Å². The molecule has 0 aromatic heterocycles. The monoisotopic (exact) mass is 288 g/mol. The Hall–Kier alpha value is -1.75. The Balaban J connectivity index is 1.80. The van der Waals surface area contributed by atoms with Crippen molar-refractivity contribution in [3.8, 4) is 0 Å². The van der Waals surface area contributed by atoms with Crippen LogP contribution in [0.25, 0.3) is 0 Å². The largest absolute Gasteiger partial charge is 0.292 e. The highest BCUT2D eigenvalue weighted by Crippen LogP contribution is 2.52. The van der Waals surface area contributed by atoms with Gasteiger partial charge in [-0.2, -0.15) is 0 Å². The molecule has 3 saturated heterocycles. The Bertz CT molecular complexity index is 615. The summed E-state index contributed by atoms with van der Waals surface area (Å²) in [7, 11) is 1.57. The molecule has 4 rings (SSSR count). The second-order valence-corrected chi connectivity index (χ2v) is 6.23. The lowest BCUT2D eigenvalue weighted by atomic mass is 9.85. The fraction of sp³-hybridized carbons (Fsp3) is 0.500. The molecule has 0 radical (unpaired) electrons. The lowest BCUT2D eigenvalue weighted by Gasteiger charge is -2.28. The number of imide groups is 1. The van der Waals surface area contributed by atoms with E-state index in [1.807, 2.05) is 0 Å². The van der Waals surface area contributed by atoms with Gasteiger partial charge in [-0.15, -0.1) is 0 Å². The summed E-state index contributed by atoms with van der Waals surface area (Å²) in [6.45, 7) is 0.907. The van der Waals surface area contributed by atoms with Crippen molar-refractivity contribution in [2.24, 2.45) is 11.8 Å². The number of hydrogen-bond acceptors (Lipinski definition) is 3. The molecule has 0 unspecified atom stereocenters. The fourth-order valence-electron chi connectivity index (χ4n) is 4.41. The first-order valence-electron chi connectivity index (χ1n) is 7.42. The molecule has 0 aliphatic carbocycles. The minimum atomic E-state index is -0.307. The van der Waals surface area contributed by atoms with Gasteiger partial charge in [-0.25, -0.2) is 4.39 Å². The van der Waals surface area contributed by atoms with Crippen LogP contribution in [0.2, 0.25) is 0 Å². The number of nitrogens with zero attached hydrogens (tertiary/aromatic N) is 2. The molecule has 0 saturated carbocycles. The number of halogens is 1. The molecule has 0 spiro atoms. The average Bonchev–Trinajstić information content (AvgIpc) is 3.10. The Morgan fingerprint density at radius 1 is 1.10 bits per heavy atom. The molecule has 3 aliphatic heterocycles. The molecule has 2 amide bonds. The van der Waals surface area contributed by atoms with Crippen LogP contribution in [0.3, 0.4) is 0 Å². The van der Waals surface area contributed by atoms with E-state index >= 15 is 0 Å². The maximum Gasteiger partial charge on any atom is 0.234 e. The van der Waals surface area contributed by atoms with E-state index in [2.05, 4.69) is 4.90 Å². The third-order valence-corrected chi connectivity index (χ3v) is 5.28. The molecule has 3 fully saturated rings. The van der Waals surface area contributed by atoms with Crippen molar-refractivity contribution >= 4 is 11.8 Å². The molecule has 3 aliphatic rings. The first kappa shape index (κ1) is 13.0. The van der Waals surface area contributed by atoms with Crippen molar-refractivity contribution in [2.75, 3.05) is 13.6 Å². The van der Waals surface area contributed by atoms with Gasteiger partial charge in [0.15, 0.2) is 0 Å². The number of carbonyl (C=O) groups excluding carboxylic acids is 2. The van der Waals surface area contributed by atoms with Crippen molar-refractivity contribution in [2.45, 2.75) is 24.9 Å². The van der Waals surface area contributed by atoms with Gasteiger partial charge in [0.25, 0.3) is 0 Å². The van der Waals surface area contributed by atoms with Crippen molar-refractivity contribution < 1.29 is 14.0 Å². The maximum absolute atomic E-state index is 13.2. The molecule has 1 aromatic rings. The van der Waals surface area contributed by atoms with Crippen LogP contribution in [-0.4, -0.2) is 41.2 Å². The Morgan fingerprint density at radius 3 is 2.48 bits per heavy atom. The molecule has 110 valence electrons. The molecule has 21 heavy (non-hydrogen) atoms. The topological polar surface area (TPSA) is 40.6 Å². The SMILES string of the molecule is CN1C(=O)[C@@H]2[C@H](C1=O)[C@H](c1ccc(F)cc1)N1CCC[C@H]21. The van der Waals surface area contributed by atoms with Gasteiger partial charge in [-0.3, -0.25) is 19.4 Å². The first-order valence-corrected chi connectivity index (χ1v) is 7.42. The quantitative estimate of drug-likeness (QED) is 0.737. The number of carbonyl (C=O) groups is 2. The zero-order valence-electron chi connectivity index (χ0n) is 11.8. The van der Waals surface area contributed by atoms with Crippen molar-refractivity contribution in [3.63, 3.8) is 0 Å². The second-order valence-electron chi connectivity index (χ2n) is 6.23. The molecule has 0 bridgehead atoms. The van der Waals surface area contributed by atoms with Gasteiger partial charge in [-0.1, -0.05) is 12.1 Å². The van der Waals surface area contributed by atoms with Crippen LogP contribution in [0.1, 0.15) is 24.4 Å². The summed E-state index contributed by atoms with van der Waals surface area (Å²) in [5.41, 5.74) is 0.937. The predicted octanol–water partition coefficient (Wildman–Crippen LogP) is 1.58. The number of benzene rings is 1. The van der Waals surface area contributed by atoms with Crippen LogP contribution in [0.15, 0.2) is 24.3 Å². The van der Waals surface area contributed by atoms with Gasteiger partial charge in [0.2, 0.25) is 11.8 Å². The number of rotatable bonds is 1. The first-order chi connectivity index (χ1) is 10.1. The van der Waals surface area contributed by atoms with Gasteiger partial charge in [-0.05, 0) is 37.1 Å². The fourth-order valence-corrected chi connectivity index (χ4v) is 4.41. The van der Waals surface area contributed by atoms with E-state index in [1.54, 1.807) is 19.2 Å². The highest BCUT2D eigenvalue weighted by Gasteiger charge is 2.62. The summed E-state index contributed by atoms with van der Waals surface area (Å²) in [5.74, 6) is -0.948. The van der Waals surface area contributed by atoms with Crippen LogP contribution in [0, 0.1) is 17.7 Å². The van der Waals surface area contributed by atoms with Crippen LogP contribution >= 0.6 is 0 Å². The average molecular weight is 288 g/mol. The number of likely N-dealkylation sites (tertiary alicyclic amines) is 1. The van der Waals surface area contributed by atoms with Gasteiger partial charge >= 0.3 is 0 Å². The molecule has 5 heteroatoms. The van der Waals surface area contributed by atoms with Gasteiger partial charge in [0, 0.05) is 19.1 Å². The predicted molar refractivity (Wildman–Crippen MR) is 73.6 cm³/mol. The third kappa shape index (κ3) is 1.64. The van der Waals surface area contributed by atoms with E-state index in [9.17, 15) is 14.0 Å². The van der Waals surface area contributed by atoms with Crippen LogP contribution in [0.5, 0.6) is 0 Å². The second kappa shape index (κ2) is 4.37. The number of hydrogen-bond donors (Lipinski definition) is 0. The van der Waals surface area contributed by atoms with Crippen LogP contribution in [-0.2, 0) is 9.59 Å². The van der Waals surface area contributed by atoms with E-state index in [-0.39, 0.29) is 41.6 Å². The normalized spacial score (nSPS) is 35.4. The van der Waals surface area contributed by atoms with Crippen molar-refractivity contribution in [1.82, 2.24) is 9.80 Å². The molecule has 3 heterocycles. The summed E-state index contributed by atoms with van der Waals surface area (Å²) in [6.07, 6.45) is 2.02. The van der Waals surface area contributed by atoms with E-state index in [4.69, 9.17) is 0 Å². The molecule has 1 aromatic carbocycles. The standard InChI is InChI=1S/C16H17FN2O2/c1-18-15(20)12-11-3-2-8-19(11)14(13(12)16(18)21)9-4-6-10(17)7-5-9/h4-7,11-14H,2-3,8H2,1H3/t11-,12+,13+,14+/m1/s1. The van der Waals surface area contributed by atoms with Gasteiger partial charge in [0.05, 0.1) is 11.8 Å². The lowest BCUT2D eigenvalue weighted by molar-refractivity contribution is -0.139. The number of amides is 2. The minimum absolute atomic E-state index is 0.0495. The van der Waals surface area contributed by atoms with Crippen LogP contribution in [0.4, 0.5) is 4.39 Å². The molecule has 0 N–H and O–H groups in total. The lowest BCUT2D eigenvalue weighted by Crippen LogP contribution is -2.37. The van der Waals surface area contributed by atoms with E-state index < -0.39 is 0 Å². The maximum atomic E-state index is 13.2. The summed E-state index contributed by atoms with van der Waals surface area (Å²) in [6, 6.07) is 6.41. The van der Waals surface area contributed by atoms with Gasteiger partial charge in [0.1, 0.15) is 5.82 Å². The molecule has 4 nitrogen and oxygen atoms in total. The molecule has 4 atom stereocenters.